The van der Waals surface area contributed by atoms with Crippen molar-refractivity contribution in [3.8, 4) is 0 Å². The van der Waals surface area contributed by atoms with Crippen LogP contribution in [0.4, 0.5) is 0 Å². The van der Waals surface area contributed by atoms with Gasteiger partial charge in [0.2, 0.25) is 0 Å². The average Bonchev–Trinajstić information content (AvgIpc) is 3.04. The smallest absolute Gasteiger partial charge is 0.306 e. The molecule has 1 fully saturated rings. The van der Waals surface area contributed by atoms with Gasteiger partial charge in [-0.2, -0.15) is 0 Å². The van der Waals surface area contributed by atoms with E-state index in [2.05, 4.69) is 26.0 Å². The van der Waals surface area contributed by atoms with E-state index in [1.807, 2.05) is 0 Å². The highest BCUT2D eigenvalue weighted by atomic mass is 16.7. The summed E-state index contributed by atoms with van der Waals surface area (Å²) in [4.78, 5) is 12.6. The van der Waals surface area contributed by atoms with Crippen molar-refractivity contribution < 1.29 is 44.2 Å². The highest BCUT2D eigenvalue weighted by Gasteiger charge is 2.44. The van der Waals surface area contributed by atoms with E-state index in [9.17, 15) is 25.2 Å². The Bertz CT molecular complexity index is 702. The van der Waals surface area contributed by atoms with Crippen LogP contribution in [0.5, 0.6) is 0 Å². The van der Waals surface area contributed by atoms with E-state index in [0.29, 0.717) is 13.0 Å². The van der Waals surface area contributed by atoms with Gasteiger partial charge in [0.1, 0.15) is 30.5 Å². The maximum absolute atomic E-state index is 12.6. The molecule has 45 heavy (non-hydrogen) atoms. The van der Waals surface area contributed by atoms with Crippen molar-refractivity contribution in [1.29, 1.82) is 0 Å². The highest BCUT2D eigenvalue weighted by molar-refractivity contribution is 5.69. The maximum Gasteiger partial charge on any atom is 0.306 e. The van der Waals surface area contributed by atoms with E-state index in [1.54, 1.807) is 0 Å². The lowest BCUT2D eigenvalue weighted by molar-refractivity contribution is -0.305. The topological polar surface area (TPSA) is 135 Å². The van der Waals surface area contributed by atoms with Crippen LogP contribution in [0.2, 0.25) is 0 Å². The van der Waals surface area contributed by atoms with Gasteiger partial charge < -0.3 is 39.4 Å². The molecule has 0 spiro atoms. The lowest BCUT2D eigenvalue weighted by atomic mass is 9.99. The Morgan fingerprint density at radius 3 is 1.80 bits per heavy atom. The lowest BCUT2D eigenvalue weighted by Crippen LogP contribution is -2.59. The first kappa shape index (κ1) is 42.0. The quantitative estimate of drug-likeness (QED) is 0.0392. The summed E-state index contributed by atoms with van der Waals surface area (Å²) in [5.74, 6) is -0.325. The molecule has 0 amide bonds. The fourth-order valence-electron chi connectivity index (χ4n) is 5.48. The standard InChI is InChI=1S/C36H68O9/c1-3-5-7-9-11-12-13-14-15-16-17-18-19-20-21-23-25-32(38)44-30(28-42-26-24-22-10-8-6-4-2)29-43-36-35(41)34(40)33(39)31(27-37)45-36/h15-16,30-31,33-37,39-41H,3-14,17-29H2,1-2H3/b16-15-. The fourth-order valence-corrected chi connectivity index (χ4v) is 5.48. The normalized spacial score (nSPS) is 22.7. The van der Waals surface area contributed by atoms with E-state index in [1.165, 1.54) is 83.5 Å². The van der Waals surface area contributed by atoms with Gasteiger partial charge in [0.25, 0.3) is 0 Å². The van der Waals surface area contributed by atoms with Crippen LogP contribution in [0, 0.1) is 0 Å². The highest BCUT2D eigenvalue weighted by Crippen LogP contribution is 2.22. The number of aliphatic hydroxyl groups is 4. The molecule has 1 heterocycles. The zero-order chi connectivity index (χ0) is 33.0. The molecule has 0 aromatic heterocycles. The minimum Gasteiger partial charge on any atom is -0.457 e. The van der Waals surface area contributed by atoms with E-state index in [4.69, 9.17) is 18.9 Å². The molecule has 9 nitrogen and oxygen atoms in total. The summed E-state index contributed by atoms with van der Waals surface area (Å²) in [6.07, 6.45) is 21.1. The number of hydrogen-bond donors (Lipinski definition) is 4. The van der Waals surface area contributed by atoms with Gasteiger partial charge in [0.05, 0.1) is 19.8 Å². The number of carbonyl (C=O) groups excluding carboxylic acids is 1. The van der Waals surface area contributed by atoms with Crippen LogP contribution in [-0.4, -0.2) is 89.6 Å². The Kier molecular flexibility index (Phi) is 27.1. The van der Waals surface area contributed by atoms with Crippen LogP contribution < -0.4 is 0 Å². The second-order valence-corrected chi connectivity index (χ2v) is 12.7. The van der Waals surface area contributed by atoms with Crippen LogP contribution in [0.1, 0.15) is 149 Å². The molecule has 1 saturated heterocycles. The van der Waals surface area contributed by atoms with Gasteiger partial charge in [0, 0.05) is 13.0 Å². The van der Waals surface area contributed by atoms with Gasteiger partial charge in [-0.1, -0.05) is 116 Å². The SMILES string of the molecule is CCCCCCCCC/C=C\CCCCCCCC(=O)OC(COCCCCCCCC)COC1OC(CO)C(O)C(O)C1O. The molecule has 4 N–H and O–H groups in total. The Hall–Kier alpha value is -1.07. The number of hydrogen-bond acceptors (Lipinski definition) is 9. The second kappa shape index (κ2) is 29.1. The molecule has 1 aliphatic rings. The zero-order valence-electron chi connectivity index (χ0n) is 28.6. The maximum atomic E-state index is 12.6. The van der Waals surface area contributed by atoms with Crippen LogP contribution >= 0.6 is 0 Å². The molecule has 1 aliphatic heterocycles. The van der Waals surface area contributed by atoms with Crippen molar-refractivity contribution in [2.45, 2.75) is 185 Å². The summed E-state index contributed by atoms with van der Waals surface area (Å²) in [7, 11) is 0. The van der Waals surface area contributed by atoms with Crippen molar-refractivity contribution in [2.24, 2.45) is 0 Å². The average molecular weight is 645 g/mol. The van der Waals surface area contributed by atoms with Gasteiger partial charge >= 0.3 is 5.97 Å². The molecule has 6 atom stereocenters. The Balaban J connectivity index is 2.29. The number of ether oxygens (including phenoxy) is 4. The van der Waals surface area contributed by atoms with Crippen molar-refractivity contribution >= 4 is 5.97 Å². The number of carbonyl (C=O) groups is 1. The van der Waals surface area contributed by atoms with Crippen LogP contribution in [0.15, 0.2) is 12.2 Å². The molecule has 266 valence electrons. The minimum absolute atomic E-state index is 0.114. The third-order valence-electron chi connectivity index (χ3n) is 8.43. The molecule has 6 unspecified atom stereocenters. The predicted molar refractivity (Wildman–Crippen MR) is 178 cm³/mol. The van der Waals surface area contributed by atoms with Crippen molar-refractivity contribution in [3.63, 3.8) is 0 Å². The molecule has 0 aliphatic carbocycles. The summed E-state index contributed by atoms with van der Waals surface area (Å²) in [5, 5.41) is 39.7. The number of allylic oxidation sites excluding steroid dienone is 2. The first-order valence-electron chi connectivity index (χ1n) is 18.3. The van der Waals surface area contributed by atoms with Crippen LogP contribution in [0.3, 0.4) is 0 Å². The van der Waals surface area contributed by atoms with Gasteiger partial charge in [-0.3, -0.25) is 4.79 Å². The van der Waals surface area contributed by atoms with E-state index >= 15 is 0 Å². The van der Waals surface area contributed by atoms with Crippen LogP contribution in [-0.2, 0) is 23.7 Å². The van der Waals surface area contributed by atoms with Crippen molar-refractivity contribution in [3.05, 3.63) is 12.2 Å². The van der Waals surface area contributed by atoms with E-state index in [-0.39, 0.29) is 19.2 Å². The molecule has 0 aromatic carbocycles. The van der Waals surface area contributed by atoms with E-state index in [0.717, 1.165) is 44.9 Å². The summed E-state index contributed by atoms with van der Waals surface area (Å²) in [6.45, 7) is 4.48. The molecular formula is C36H68O9. The van der Waals surface area contributed by atoms with Gasteiger partial charge in [0.15, 0.2) is 6.29 Å². The third kappa shape index (κ3) is 21.4. The first-order chi connectivity index (χ1) is 21.9. The van der Waals surface area contributed by atoms with E-state index < -0.39 is 43.4 Å². The number of esters is 1. The molecule has 0 aromatic rings. The molecular weight excluding hydrogens is 576 g/mol. The zero-order valence-corrected chi connectivity index (χ0v) is 28.6. The van der Waals surface area contributed by atoms with Gasteiger partial charge in [-0.15, -0.1) is 0 Å². The second-order valence-electron chi connectivity index (χ2n) is 12.7. The molecule has 9 heteroatoms. The number of rotatable bonds is 30. The Labute approximate surface area is 274 Å². The van der Waals surface area contributed by atoms with Gasteiger partial charge in [-0.25, -0.2) is 0 Å². The fraction of sp³-hybridized carbons (Fsp3) is 0.917. The molecule has 0 radical (unpaired) electrons. The summed E-state index contributed by atoms with van der Waals surface area (Å²) < 4.78 is 22.5. The monoisotopic (exact) mass is 644 g/mol. The summed E-state index contributed by atoms with van der Waals surface area (Å²) >= 11 is 0. The largest absolute Gasteiger partial charge is 0.457 e. The number of unbranched alkanes of at least 4 members (excludes halogenated alkanes) is 17. The molecule has 0 bridgehead atoms. The molecule has 0 saturated carbocycles. The van der Waals surface area contributed by atoms with Gasteiger partial charge in [-0.05, 0) is 38.5 Å². The lowest BCUT2D eigenvalue weighted by Gasteiger charge is -2.39. The van der Waals surface area contributed by atoms with Crippen molar-refractivity contribution in [1.82, 2.24) is 0 Å². The number of aliphatic hydroxyl groups excluding tert-OH is 4. The Morgan fingerprint density at radius 1 is 0.689 bits per heavy atom. The summed E-state index contributed by atoms with van der Waals surface area (Å²) in [6, 6.07) is 0. The minimum atomic E-state index is -1.53. The summed E-state index contributed by atoms with van der Waals surface area (Å²) in [5.41, 5.74) is 0. The third-order valence-corrected chi connectivity index (χ3v) is 8.43. The predicted octanol–water partition coefficient (Wildman–Crippen LogP) is 6.52. The van der Waals surface area contributed by atoms with Crippen LogP contribution in [0.25, 0.3) is 0 Å². The van der Waals surface area contributed by atoms with Crippen molar-refractivity contribution in [2.75, 3.05) is 26.4 Å². The Morgan fingerprint density at radius 2 is 1.22 bits per heavy atom. The first-order valence-corrected chi connectivity index (χ1v) is 18.3. The molecule has 1 rings (SSSR count).